The lowest BCUT2D eigenvalue weighted by Gasteiger charge is -2.34. The lowest BCUT2D eigenvalue weighted by atomic mass is 9.89. The fraction of sp³-hybridized carbons (Fsp3) is 0.571. The number of hydrogen-bond donors (Lipinski definition) is 0. The van der Waals surface area contributed by atoms with E-state index in [4.69, 9.17) is 4.42 Å². The first kappa shape index (κ1) is 20.3. The van der Waals surface area contributed by atoms with Crippen LogP contribution in [0.4, 0.5) is 4.39 Å². The molecule has 0 radical (unpaired) electrons. The van der Waals surface area contributed by atoms with Crippen molar-refractivity contribution >= 4 is 17.7 Å². The summed E-state index contributed by atoms with van der Waals surface area (Å²) in [5.41, 5.74) is 0.702. The van der Waals surface area contributed by atoms with Gasteiger partial charge in [-0.15, -0.1) is 10.2 Å². The van der Waals surface area contributed by atoms with Gasteiger partial charge in [0.05, 0.1) is 5.75 Å². The van der Waals surface area contributed by atoms with Crippen LogP contribution in [0, 0.1) is 5.82 Å². The molecule has 1 aromatic heterocycles. The van der Waals surface area contributed by atoms with Crippen LogP contribution in [0.2, 0.25) is 0 Å². The molecule has 2 fully saturated rings. The number of hydrogen-bond acceptors (Lipinski definition) is 6. The highest BCUT2D eigenvalue weighted by atomic mass is 32.2. The van der Waals surface area contributed by atoms with E-state index >= 15 is 0 Å². The van der Waals surface area contributed by atoms with Crippen molar-refractivity contribution in [2.75, 3.05) is 31.9 Å². The summed E-state index contributed by atoms with van der Waals surface area (Å²) in [4.78, 5) is 16.6. The van der Waals surface area contributed by atoms with Gasteiger partial charge in [-0.05, 0) is 18.9 Å². The Morgan fingerprint density at radius 3 is 2.62 bits per heavy atom. The molecule has 29 heavy (non-hydrogen) atoms. The molecule has 1 aromatic carbocycles. The average molecular weight is 419 g/mol. The van der Waals surface area contributed by atoms with Gasteiger partial charge in [0.1, 0.15) is 5.82 Å². The van der Waals surface area contributed by atoms with Gasteiger partial charge < -0.3 is 9.32 Å². The second-order valence-corrected chi connectivity index (χ2v) is 8.70. The topological polar surface area (TPSA) is 62.5 Å². The third-order valence-corrected chi connectivity index (χ3v) is 6.58. The predicted octanol–water partition coefficient (Wildman–Crippen LogP) is 3.69. The first-order valence-electron chi connectivity index (χ1n) is 10.4. The molecule has 1 saturated carbocycles. The maximum absolute atomic E-state index is 13.8. The Morgan fingerprint density at radius 1 is 1.10 bits per heavy atom. The van der Waals surface area contributed by atoms with Crippen LogP contribution in [0.1, 0.15) is 49.5 Å². The molecule has 8 heteroatoms. The van der Waals surface area contributed by atoms with Crippen molar-refractivity contribution in [3.8, 4) is 0 Å². The Bertz CT molecular complexity index is 817. The minimum absolute atomic E-state index is 0.0814. The maximum atomic E-state index is 13.8. The largest absolute Gasteiger partial charge is 0.416 e. The molecule has 0 N–H and O–H groups in total. The van der Waals surface area contributed by atoms with E-state index in [0.717, 1.165) is 31.8 Å². The van der Waals surface area contributed by atoms with Crippen molar-refractivity contribution in [1.29, 1.82) is 0 Å². The molecule has 1 saturated heterocycles. The quantitative estimate of drug-likeness (QED) is 0.667. The summed E-state index contributed by atoms with van der Waals surface area (Å²) in [6.45, 7) is 3.39. The SMILES string of the molecule is O=C(CSc1nnc(C2CCCCC2)o1)N1CCN(Cc2ccccc2F)CC1. The zero-order valence-electron chi connectivity index (χ0n) is 16.6. The normalized spacial score (nSPS) is 18.9. The Morgan fingerprint density at radius 2 is 1.86 bits per heavy atom. The lowest BCUT2D eigenvalue weighted by Crippen LogP contribution is -2.48. The van der Waals surface area contributed by atoms with Crippen molar-refractivity contribution in [1.82, 2.24) is 20.0 Å². The highest BCUT2D eigenvalue weighted by Gasteiger charge is 2.24. The number of carbonyl (C=O) groups is 1. The highest BCUT2D eigenvalue weighted by molar-refractivity contribution is 7.99. The zero-order valence-corrected chi connectivity index (χ0v) is 17.4. The van der Waals surface area contributed by atoms with E-state index in [1.807, 2.05) is 17.0 Å². The molecule has 4 rings (SSSR count). The van der Waals surface area contributed by atoms with Crippen LogP contribution in [0.5, 0.6) is 0 Å². The summed E-state index contributed by atoms with van der Waals surface area (Å²) >= 11 is 1.32. The van der Waals surface area contributed by atoms with Crippen LogP contribution in [0.3, 0.4) is 0 Å². The first-order valence-corrected chi connectivity index (χ1v) is 11.4. The van der Waals surface area contributed by atoms with Gasteiger partial charge >= 0.3 is 0 Å². The summed E-state index contributed by atoms with van der Waals surface area (Å²) < 4.78 is 19.6. The van der Waals surface area contributed by atoms with Crippen molar-refractivity contribution in [2.24, 2.45) is 0 Å². The van der Waals surface area contributed by atoms with E-state index in [1.165, 1.54) is 37.1 Å². The molecule has 2 aromatic rings. The number of thioether (sulfide) groups is 1. The summed E-state index contributed by atoms with van der Waals surface area (Å²) in [5, 5.41) is 8.78. The van der Waals surface area contributed by atoms with Crippen molar-refractivity contribution < 1.29 is 13.6 Å². The molecule has 0 spiro atoms. The number of rotatable bonds is 6. The molecule has 2 heterocycles. The van der Waals surface area contributed by atoms with Gasteiger partial charge in [0.2, 0.25) is 11.8 Å². The van der Waals surface area contributed by atoms with E-state index in [1.54, 1.807) is 6.07 Å². The molecule has 2 aliphatic rings. The van der Waals surface area contributed by atoms with Gasteiger partial charge in [-0.3, -0.25) is 9.69 Å². The van der Waals surface area contributed by atoms with Crippen LogP contribution in [0.15, 0.2) is 33.9 Å². The second kappa shape index (κ2) is 9.71. The van der Waals surface area contributed by atoms with E-state index in [0.29, 0.717) is 42.1 Å². The number of halogens is 1. The van der Waals surface area contributed by atoms with E-state index < -0.39 is 0 Å². The van der Waals surface area contributed by atoms with Crippen molar-refractivity contribution in [3.05, 3.63) is 41.5 Å². The summed E-state index contributed by atoms with van der Waals surface area (Å²) in [5.74, 6) is 1.32. The van der Waals surface area contributed by atoms with Gasteiger partial charge in [-0.25, -0.2) is 4.39 Å². The minimum atomic E-state index is -0.172. The van der Waals surface area contributed by atoms with Crippen LogP contribution in [-0.2, 0) is 11.3 Å². The number of benzene rings is 1. The van der Waals surface area contributed by atoms with Gasteiger partial charge in [-0.1, -0.05) is 49.2 Å². The standard InChI is InChI=1S/C21H27FN4O2S/c22-18-9-5-4-8-17(18)14-25-10-12-26(13-11-25)19(27)15-29-21-24-23-20(28-21)16-6-2-1-3-7-16/h4-5,8-9,16H,1-3,6-7,10-15H2. The molecular formula is C21H27FN4O2S. The Balaban J connectivity index is 1.21. The number of amides is 1. The molecule has 0 bridgehead atoms. The smallest absolute Gasteiger partial charge is 0.277 e. The summed E-state index contributed by atoms with van der Waals surface area (Å²) in [6, 6.07) is 6.86. The fourth-order valence-corrected chi connectivity index (χ4v) is 4.70. The van der Waals surface area contributed by atoms with Gasteiger partial charge in [0, 0.05) is 44.2 Å². The van der Waals surface area contributed by atoms with Crippen LogP contribution < -0.4 is 0 Å². The molecule has 0 unspecified atom stereocenters. The minimum Gasteiger partial charge on any atom is -0.416 e. The van der Waals surface area contributed by atoms with Gasteiger partial charge in [0.15, 0.2) is 0 Å². The average Bonchev–Trinajstić information content (AvgIpc) is 3.24. The molecule has 156 valence electrons. The number of carbonyl (C=O) groups excluding carboxylic acids is 1. The Labute approximate surface area is 174 Å². The predicted molar refractivity (Wildman–Crippen MR) is 109 cm³/mol. The molecular weight excluding hydrogens is 391 g/mol. The molecule has 1 aliphatic heterocycles. The maximum Gasteiger partial charge on any atom is 0.277 e. The van der Waals surface area contributed by atoms with E-state index in [-0.39, 0.29) is 11.7 Å². The molecule has 6 nitrogen and oxygen atoms in total. The third-order valence-electron chi connectivity index (χ3n) is 5.77. The van der Waals surface area contributed by atoms with Crippen LogP contribution >= 0.6 is 11.8 Å². The summed E-state index contributed by atoms with van der Waals surface area (Å²) in [6.07, 6.45) is 5.95. The molecule has 0 atom stereocenters. The van der Waals surface area contributed by atoms with E-state index in [2.05, 4.69) is 15.1 Å². The van der Waals surface area contributed by atoms with Crippen LogP contribution in [0.25, 0.3) is 0 Å². The Kier molecular flexibility index (Phi) is 6.82. The van der Waals surface area contributed by atoms with Crippen molar-refractivity contribution in [2.45, 2.75) is 49.8 Å². The van der Waals surface area contributed by atoms with E-state index in [9.17, 15) is 9.18 Å². The highest BCUT2D eigenvalue weighted by Crippen LogP contribution is 2.32. The molecule has 1 amide bonds. The lowest BCUT2D eigenvalue weighted by molar-refractivity contribution is -0.130. The zero-order chi connectivity index (χ0) is 20.1. The monoisotopic (exact) mass is 418 g/mol. The third kappa shape index (κ3) is 5.36. The second-order valence-electron chi connectivity index (χ2n) is 7.78. The Hall–Kier alpha value is -1.93. The number of aromatic nitrogens is 2. The van der Waals surface area contributed by atoms with Gasteiger partial charge in [-0.2, -0.15) is 0 Å². The summed E-state index contributed by atoms with van der Waals surface area (Å²) in [7, 11) is 0. The fourth-order valence-electron chi connectivity index (χ4n) is 4.03. The number of piperazine rings is 1. The molecule has 1 aliphatic carbocycles. The first-order chi connectivity index (χ1) is 14.2. The van der Waals surface area contributed by atoms with Gasteiger partial charge in [0.25, 0.3) is 5.22 Å². The van der Waals surface area contributed by atoms with Crippen LogP contribution in [-0.4, -0.2) is 57.8 Å². The van der Waals surface area contributed by atoms with Crippen molar-refractivity contribution in [3.63, 3.8) is 0 Å². The number of nitrogens with zero attached hydrogens (tertiary/aromatic N) is 4.